The SMILES string of the molecule is O=C(O)c1c(Cl)ccc2nc(N3CCCC3)ccc12. The van der Waals surface area contributed by atoms with E-state index in [9.17, 15) is 9.90 Å². The Kier molecular flexibility index (Phi) is 3.03. The Morgan fingerprint density at radius 1 is 1.21 bits per heavy atom. The second-order valence-electron chi connectivity index (χ2n) is 4.66. The molecule has 1 fully saturated rings. The highest BCUT2D eigenvalue weighted by molar-refractivity contribution is 6.35. The van der Waals surface area contributed by atoms with Crippen LogP contribution >= 0.6 is 11.6 Å². The van der Waals surface area contributed by atoms with Crippen LogP contribution in [0.25, 0.3) is 10.9 Å². The molecule has 1 aliphatic heterocycles. The van der Waals surface area contributed by atoms with E-state index in [1.54, 1.807) is 18.2 Å². The Hall–Kier alpha value is -1.81. The Morgan fingerprint density at radius 2 is 1.95 bits per heavy atom. The summed E-state index contributed by atoms with van der Waals surface area (Å²) in [4.78, 5) is 18.0. The summed E-state index contributed by atoms with van der Waals surface area (Å²) in [5.74, 6) is -0.116. The summed E-state index contributed by atoms with van der Waals surface area (Å²) in [6.45, 7) is 2.02. The summed E-state index contributed by atoms with van der Waals surface area (Å²) in [5.41, 5.74) is 0.797. The van der Waals surface area contributed by atoms with E-state index in [0.717, 1.165) is 18.9 Å². The number of anilines is 1. The second kappa shape index (κ2) is 4.70. The summed E-state index contributed by atoms with van der Waals surface area (Å²) in [7, 11) is 0. The van der Waals surface area contributed by atoms with E-state index in [2.05, 4.69) is 9.88 Å². The van der Waals surface area contributed by atoms with Crippen LogP contribution in [0.1, 0.15) is 23.2 Å². The molecule has 0 amide bonds. The summed E-state index contributed by atoms with van der Waals surface area (Å²) in [5, 5.41) is 10.1. The van der Waals surface area contributed by atoms with Crippen molar-refractivity contribution < 1.29 is 9.90 Å². The molecule has 0 radical (unpaired) electrons. The third-order valence-corrected chi connectivity index (χ3v) is 3.76. The first kappa shape index (κ1) is 12.2. The minimum Gasteiger partial charge on any atom is -0.478 e. The number of carboxylic acid groups (broad SMARTS) is 1. The van der Waals surface area contributed by atoms with Crippen molar-refractivity contribution in [2.24, 2.45) is 0 Å². The lowest BCUT2D eigenvalue weighted by molar-refractivity contribution is 0.0699. The van der Waals surface area contributed by atoms with Gasteiger partial charge in [0.05, 0.1) is 16.1 Å². The fraction of sp³-hybridized carbons (Fsp3) is 0.286. The van der Waals surface area contributed by atoms with Crippen molar-refractivity contribution in [1.29, 1.82) is 0 Å². The Balaban J connectivity index is 2.14. The van der Waals surface area contributed by atoms with Crippen LogP contribution < -0.4 is 4.90 Å². The molecule has 2 heterocycles. The van der Waals surface area contributed by atoms with E-state index in [-0.39, 0.29) is 10.6 Å². The molecule has 1 aromatic carbocycles. The quantitative estimate of drug-likeness (QED) is 0.915. The Bertz CT molecular complexity index is 651. The normalized spacial score (nSPS) is 15.1. The first-order valence-electron chi connectivity index (χ1n) is 6.24. The van der Waals surface area contributed by atoms with Gasteiger partial charge in [-0.3, -0.25) is 0 Å². The van der Waals surface area contributed by atoms with Gasteiger partial charge >= 0.3 is 5.97 Å². The van der Waals surface area contributed by atoms with Gasteiger partial charge in [-0.2, -0.15) is 0 Å². The summed E-state index contributed by atoms with van der Waals surface area (Å²) < 4.78 is 0. The van der Waals surface area contributed by atoms with Crippen molar-refractivity contribution in [3.63, 3.8) is 0 Å². The number of hydrogen-bond acceptors (Lipinski definition) is 3. The number of carbonyl (C=O) groups is 1. The number of carboxylic acids is 1. The summed E-state index contributed by atoms with van der Waals surface area (Å²) >= 11 is 5.95. The molecule has 4 nitrogen and oxygen atoms in total. The number of benzene rings is 1. The standard InChI is InChI=1S/C14H13ClN2O2/c15-10-4-5-11-9(13(10)14(18)19)3-6-12(16-11)17-7-1-2-8-17/h3-6H,1-2,7-8H2,(H,18,19). The van der Waals surface area contributed by atoms with Crippen LogP contribution in [0.4, 0.5) is 5.82 Å². The molecule has 0 saturated carbocycles. The van der Waals surface area contributed by atoms with Crippen LogP contribution in [-0.2, 0) is 0 Å². The molecule has 1 N–H and O–H groups in total. The van der Waals surface area contributed by atoms with Gasteiger partial charge in [-0.1, -0.05) is 11.6 Å². The molecule has 1 saturated heterocycles. The van der Waals surface area contributed by atoms with Gasteiger partial charge in [-0.15, -0.1) is 0 Å². The highest BCUT2D eigenvalue weighted by atomic mass is 35.5. The van der Waals surface area contributed by atoms with Crippen molar-refractivity contribution in [3.05, 3.63) is 34.9 Å². The molecule has 1 aromatic heterocycles. The third-order valence-electron chi connectivity index (χ3n) is 3.45. The lowest BCUT2D eigenvalue weighted by Crippen LogP contribution is -2.18. The number of aromatic carboxylic acids is 1. The fourth-order valence-electron chi connectivity index (χ4n) is 2.51. The zero-order valence-corrected chi connectivity index (χ0v) is 11.0. The van der Waals surface area contributed by atoms with E-state index in [1.165, 1.54) is 12.8 Å². The maximum absolute atomic E-state index is 11.3. The smallest absolute Gasteiger partial charge is 0.337 e. The lowest BCUT2D eigenvalue weighted by Gasteiger charge is -2.17. The molecule has 0 spiro atoms. The van der Waals surface area contributed by atoms with Gasteiger partial charge in [-0.25, -0.2) is 9.78 Å². The van der Waals surface area contributed by atoms with Gasteiger partial charge in [0, 0.05) is 18.5 Å². The monoisotopic (exact) mass is 276 g/mol. The van der Waals surface area contributed by atoms with Crippen LogP contribution in [0.2, 0.25) is 5.02 Å². The third kappa shape index (κ3) is 2.12. The molecule has 0 unspecified atom stereocenters. The highest BCUT2D eigenvalue weighted by Gasteiger charge is 2.17. The van der Waals surface area contributed by atoms with E-state index in [4.69, 9.17) is 11.6 Å². The van der Waals surface area contributed by atoms with Crippen molar-refractivity contribution >= 4 is 34.3 Å². The maximum atomic E-state index is 11.3. The molecule has 5 heteroatoms. The zero-order valence-electron chi connectivity index (χ0n) is 10.3. The van der Waals surface area contributed by atoms with Crippen LogP contribution in [0.15, 0.2) is 24.3 Å². The molecule has 0 atom stereocenters. The van der Waals surface area contributed by atoms with E-state index < -0.39 is 5.97 Å². The molecule has 98 valence electrons. The Morgan fingerprint density at radius 3 is 2.63 bits per heavy atom. The number of halogens is 1. The second-order valence-corrected chi connectivity index (χ2v) is 5.07. The largest absolute Gasteiger partial charge is 0.478 e. The fourth-order valence-corrected chi connectivity index (χ4v) is 2.75. The van der Waals surface area contributed by atoms with E-state index in [0.29, 0.717) is 10.9 Å². The number of aromatic nitrogens is 1. The summed E-state index contributed by atoms with van der Waals surface area (Å²) in [6, 6.07) is 7.03. The van der Waals surface area contributed by atoms with E-state index in [1.807, 2.05) is 6.07 Å². The van der Waals surface area contributed by atoms with Crippen molar-refractivity contribution in [1.82, 2.24) is 4.98 Å². The number of hydrogen-bond donors (Lipinski definition) is 1. The van der Waals surface area contributed by atoms with Gasteiger partial charge in [0.15, 0.2) is 0 Å². The average Bonchev–Trinajstić information content (AvgIpc) is 2.91. The molecule has 0 aliphatic carbocycles. The van der Waals surface area contributed by atoms with Crippen molar-refractivity contribution in [3.8, 4) is 0 Å². The Labute approximate surface area is 115 Å². The summed E-state index contributed by atoms with van der Waals surface area (Å²) in [6.07, 6.45) is 2.36. The number of fused-ring (bicyclic) bond motifs is 1. The maximum Gasteiger partial charge on any atom is 0.337 e. The van der Waals surface area contributed by atoms with Gasteiger partial charge in [-0.05, 0) is 37.1 Å². The number of nitrogens with zero attached hydrogens (tertiary/aromatic N) is 2. The van der Waals surface area contributed by atoms with Crippen molar-refractivity contribution in [2.45, 2.75) is 12.8 Å². The molecular weight excluding hydrogens is 264 g/mol. The van der Waals surface area contributed by atoms with Gasteiger partial charge < -0.3 is 10.0 Å². The van der Waals surface area contributed by atoms with Gasteiger partial charge in [0.1, 0.15) is 5.82 Å². The van der Waals surface area contributed by atoms with Gasteiger partial charge in [0.2, 0.25) is 0 Å². The lowest BCUT2D eigenvalue weighted by atomic mass is 10.1. The predicted octanol–water partition coefficient (Wildman–Crippen LogP) is 3.19. The molecule has 0 bridgehead atoms. The van der Waals surface area contributed by atoms with Crippen LogP contribution in [0.5, 0.6) is 0 Å². The zero-order chi connectivity index (χ0) is 13.4. The average molecular weight is 277 g/mol. The van der Waals surface area contributed by atoms with Crippen LogP contribution in [0.3, 0.4) is 0 Å². The number of rotatable bonds is 2. The topological polar surface area (TPSA) is 53.4 Å². The molecular formula is C14H13ClN2O2. The molecule has 1 aliphatic rings. The minimum absolute atomic E-state index is 0.125. The minimum atomic E-state index is -1.02. The van der Waals surface area contributed by atoms with Crippen molar-refractivity contribution in [2.75, 3.05) is 18.0 Å². The molecule has 3 rings (SSSR count). The molecule has 19 heavy (non-hydrogen) atoms. The van der Waals surface area contributed by atoms with Gasteiger partial charge in [0.25, 0.3) is 0 Å². The predicted molar refractivity (Wildman–Crippen MR) is 75.2 cm³/mol. The van der Waals surface area contributed by atoms with Crippen LogP contribution in [0, 0.1) is 0 Å². The number of pyridine rings is 1. The first-order valence-corrected chi connectivity index (χ1v) is 6.62. The van der Waals surface area contributed by atoms with E-state index >= 15 is 0 Å². The molecule has 2 aromatic rings. The highest BCUT2D eigenvalue weighted by Crippen LogP contribution is 2.28. The van der Waals surface area contributed by atoms with Crippen LogP contribution in [-0.4, -0.2) is 29.1 Å². The first-order chi connectivity index (χ1) is 9.16.